The Morgan fingerprint density at radius 2 is 1.94 bits per heavy atom. The lowest BCUT2D eigenvalue weighted by Crippen LogP contribution is -2.03. The van der Waals surface area contributed by atoms with Crippen molar-refractivity contribution in [3.63, 3.8) is 0 Å². The first-order chi connectivity index (χ1) is 7.70. The largest absolute Gasteiger partial charge is 0.460 e. The molecule has 0 saturated carbocycles. The highest BCUT2D eigenvalue weighted by molar-refractivity contribution is 5.63. The topological polar surface area (TPSA) is 25.2 Å². The molecule has 0 aliphatic rings. The van der Waals surface area contributed by atoms with Crippen LogP contribution in [0.15, 0.2) is 34.7 Å². The fourth-order valence-corrected chi connectivity index (χ4v) is 1.79. The smallest absolute Gasteiger partial charge is 0.134 e. The van der Waals surface area contributed by atoms with Crippen molar-refractivity contribution >= 4 is 0 Å². The number of furan rings is 1. The Morgan fingerprint density at radius 1 is 1.12 bits per heavy atom. The number of hydrogen-bond donors (Lipinski definition) is 1. The summed E-state index contributed by atoms with van der Waals surface area (Å²) >= 11 is 0. The lowest BCUT2D eigenvalue weighted by atomic mass is 10.0. The van der Waals surface area contributed by atoms with E-state index in [0.29, 0.717) is 0 Å². The van der Waals surface area contributed by atoms with E-state index < -0.39 is 0 Å². The van der Waals surface area contributed by atoms with Crippen LogP contribution >= 0.6 is 0 Å². The van der Waals surface area contributed by atoms with Gasteiger partial charge in [0.05, 0.1) is 6.54 Å². The van der Waals surface area contributed by atoms with Gasteiger partial charge >= 0.3 is 0 Å². The van der Waals surface area contributed by atoms with Crippen molar-refractivity contribution in [2.24, 2.45) is 0 Å². The molecule has 2 heteroatoms. The van der Waals surface area contributed by atoms with E-state index in [4.69, 9.17) is 4.42 Å². The van der Waals surface area contributed by atoms with Crippen LogP contribution in [0.5, 0.6) is 0 Å². The summed E-state index contributed by atoms with van der Waals surface area (Å²) in [5.74, 6) is 1.92. The minimum atomic E-state index is 0.769. The second-order valence-corrected chi connectivity index (χ2v) is 4.11. The minimum Gasteiger partial charge on any atom is -0.460 e. The van der Waals surface area contributed by atoms with Crippen LogP contribution in [0.25, 0.3) is 11.3 Å². The third-order valence-electron chi connectivity index (χ3n) is 2.67. The highest BCUT2D eigenvalue weighted by Crippen LogP contribution is 2.26. The molecule has 1 aromatic carbocycles. The molecule has 1 aromatic heterocycles. The number of nitrogens with one attached hydrogen (secondary N) is 1. The van der Waals surface area contributed by atoms with Gasteiger partial charge in [-0.3, -0.25) is 0 Å². The molecular formula is C14H17NO. The van der Waals surface area contributed by atoms with Crippen molar-refractivity contribution < 1.29 is 4.42 Å². The summed E-state index contributed by atoms with van der Waals surface area (Å²) in [5.41, 5.74) is 3.69. The third-order valence-corrected chi connectivity index (χ3v) is 2.67. The van der Waals surface area contributed by atoms with Crippen molar-refractivity contribution in [1.82, 2.24) is 5.32 Å². The normalized spacial score (nSPS) is 10.7. The molecule has 16 heavy (non-hydrogen) atoms. The average molecular weight is 215 g/mol. The van der Waals surface area contributed by atoms with Gasteiger partial charge in [-0.15, -0.1) is 0 Å². The zero-order chi connectivity index (χ0) is 11.5. The summed E-state index contributed by atoms with van der Waals surface area (Å²) in [6, 6.07) is 10.5. The average Bonchev–Trinajstić information content (AvgIpc) is 2.71. The second kappa shape index (κ2) is 4.54. The maximum absolute atomic E-state index is 5.78. The molecule has 0 atom stereocenters. The third kappa shape index (κ3) is 2.17. The Bertz CT molecular complexity index is 485. The highest BCUT2D eigenvalue weighted by Gasteiger charge is 2.07. The van der Waals surface area contributed by atoms with Gasteiger partial charge in [0.25, 0.3) is 0 Å². The number of benzene rings is 1. The van der Waals surface area contributed by atoms with Gasteiger partial charge < -0.3 is 9.73 Å². The van der Waals surface area contributed by atoms with Gasteiger partial charge in [0.2, 0.25) is 0 Å². The Balaban J connectivity index is 2.38. The molecule has 0 radical (unpaired) electrons. The van der Waals surface area contributed by atoms with Crippen LogP contribution in [0.4, 0.5) is 0 Å². The lowest BCUT2D eigenvalue weighted by molar-refractivity contribution is 0.507. The van der Waals surface area contributed by atoms with Crippen molar-refractivity contribution in [3.8, 4) is 11.3 Å². The molecule has 84 valence electrons. The summed E-state index contributed by atoms with van der Waals surface area (Å²) in [7, 11) is 1.92. The molecule has 0 amide bonds. The Morgan fingerprint density at radius 3 is 2.69 bits per heavy atom. The van der Waals surface area contributed by atoms with Crippen LogP contribution in [0, 0.1) is 13.8 Å². The van der Waals surface area contributed by atoms with Crippen molar-refractivity contribution in [2.75, 3.05) is 7.05 Å². The van der Waals surface area contributed by atoms with Gasteiger partial charge in [-0.2, -0.15) is 0 Å². The van der Waals surface area contributed by atoms with E-state index >= 15 is 0 Å². The van der Waals surface area contributed by atoms with Gasteiger partial charge in [-0.25, -0.2) is 0 Å². The van der Waals surface area contributed by atoms with E-state index in [-0.39, 0.29) is 0 Å². The zero-order valence-electron chi connectivity index (χ0n) is 10.0. The van der Waals surface area contributed by atoms with Crippen LogP contribution in [0.1, 0.15) is 16.9 Å². The van der Waals surface area contributed by atoms with E-state index in [1.165, 1.54) is 16.7 Å². The van der Waals surface area contributed by atoms with Crippen LogP contribution in [-0.4, -0.2) is 7.05 Å². The van der Waals surface area contributed by atoms with Gasteiger partial charge in [0, 0.05) is 5.56 Å². The summed E-state index contributed by atoms with van der Waals surface area (Å²) < 4.78 is 5.78. The van der Waals surface area contributed by atoms with E-state index in [9.17, 15) is 0 Å². The van der Waals surface area contributed by atoms with Crippen molar-refractivity contribution in [2.45, 2.75) is 20.4 Å². The van der Waals surface area contributed by atoms with Crippen LogP contribution in [-0.2, 0) is 6.54 Å². The summed E-state index contributed by atoms with van der Waals surface area (Å²) in [4.78, 5) is 0. The molecular weight excluding hydrogens is 198 g/mol. The van der Waals surface area contributed by atoms with Gasteiger partial charge in [0.1, 0.15) is 11.5 Å². The van der Waals surface area contributed by atoms with Crippen LogP contribution < -0.4 is 5.32 Å². The summed E-state index contributed by atoms with van der Waals surface area (Å²) in [6.07, 6.45) is 0. The molecule has 0 bridgehead atoms. The molecule has 0 spiro atoms. The summed E-state index contributed by atoms with van der Waals surface area (Å²) in [6.45, 7) is 4.97. The first-order valence-corrected chi connectivity index (χ1v) is 5.51. The van der Waals surface area contributed by atoms with Crippen LogP contribution in [0.3, 0.4) is 0 Å². The molecule has 2 nitrogen and oxygen atoms in total. The van der Waals surface area contributed by atoms with E-state index in [1.807, 2.05) is 19.2 Å². The number of hydrogen-bond acceptors (Lipinski definition) is 2. The predicted molar refractivity (Wildman–Crippen MR) is 66.4 cm³/mol. The van der Waals surface area contributed by atoms with Crippen molar-refractivity contribution in [3.05, 3.63) is 47.2 Å². The van der Waals surface area contributed by atoms with E-state index in [2.05, 4.69) is 37.4 Å². The molecule has 2 rings (SSSR count). The van der Waals surface area contributed by atoms with Gasteiger partial charge in [0.15, 0.2) is 0 Å². The molecule has 0 fully saturated rings. The quantitative estimate of drug-likeness (QED) is 0.850. The molecule has 0 aliphatic carbocycles. The molecule has 1 heterocycles. The van der Waals surface area contributed by atoms with Crippen molar-refractivity contribution in [1.29, 1.82) is 0 Å². The Kier molecular flexibility index (Phi) is 3.11. The lowest BCUT2D eigenvalue weighted by Gasteiger charge is -2.04. The predicted octanol–water partition coefficient (Wildman–Crippen LogP) is 3.28. The highest BCUT2D eigenvalue weighted by atomic mass is 16.3. The maximum atomic E-state index is 5.78. The molecule has 0 unspecified atom stereocenters. The Hall–Kier alpha value is -1.54. The number of aryl methyl sites for hydroxylation is 2. The monoisotopic (exact) mass is 215 g/mol. The fraction of sp³-hybridized carbons (Fsp3) is 0.286. The summed E-state index contributed by atoms with van der Waals surface area (Å²) in [5, 5.41) is 3.08. The standard InChI is InChI=1S/C14H17NO/c1-10-4-5-11(2)13(8-10)14-7-6-12(16-14)9-15-3/h4-8,15H,9H2,1-3H3. The second-order valence-electron chi connectivity index (χ2n) is 4.11. The molecule has 0 aliphatic heterocycles. The van der Waals surface area contributed by atoms with Gasteiger partial charge in [-0.05, 0) is 44.7 Å². The van der Waals surface area contributed by atoms with Gasteiger partial charge in [-0.1, -0.05) is 17.7 Å². The zero-order valence-corrected chi connectivity index (χ0v) is 10.0. The fourth-order valence-electron chi connectivity index (χ4n) is 1.79. The minimum absolute atomic E-state index is 0.769. The van der Waals surface area contributed by atoms with E-state index in [0.717, 1.165) is 18.1 Å². The SMILES string of the molecule is CNCc1ccc(-c2cc(C)ccc2C)o1. The van der Waals surface area contributed by atoms with Crippen LogP contribution in [0.2, 0.25) is 0 Å². The number of rotatable bonds is 3. The molecule has 1 N–H and O–H groups in total. The first-order valence-electron chi connectivity index (χ1n) is 5.51. The van der Waals surface area contributed by atoms with E-state index in [1.54, 1.807) is 0 Å². The molecule has 0 saturated heterocycles. The Labute approximate surface area is 96.3 Å². The first kappa shape index (κ1) is 11.0. The molecule has 2 aromatic rings. The maximum Gasteiger partial charge on any atom is 0.134 e.